The Morgan fingerprint density at radius 2 is 1.94 bits per heavy atom. The molecule has 0 saturated heterocycles. The maximum Gasteiger partial charge on any atom is 0.107 e. The second kappa shape index (κ2) is 7.30. The van der Waals surface area contributed by atoms with Crippen molar-refractivity contribution in [1.29, 1.82) is 0 Å². The predicted octanol–water partition coefficient (Wildman–Crippen LogP) is 3.37. The molecule has 0 radical (unpaired) electrons. The minimum absolute atomic E-state index is 0.825. The summed E-state index contributed by atoms with van der Waals surface area (Å²) in [6, 6.07) is 0. The zero-order valence-electron chi connectivity index (χ0n) is 10.5. The summed E-state index contributed by atoms with van der Waals surface area (Å²) in [5, 5.41) is 1.25. The van der Waals surface area contributed by atoms with Crippen LogP contribution in [0.25, 0.3) is 0 Å². The van der Waals surface area contributed by atoms with E-state index in [0.717, 1.165) is 38.2 Å². The molecule has 1 aromatic rings. The lowest BCUT2D eigenvalue weighted by Crippen LogP contribution is -2.21. The quantitative estimate of drug-likeness (QED) is 0.755. The fourth-order valence-corrected chi connectivity index (χ4v) is 3.09. The molecule has 0 fully saturated rings. The van der Waals surface area contributed by atoms with E-state index in [1.807, 2.05) is 11.3 Å². The number of thiol groups is 1. The lowest BCUT2D eigenvalue weighted by Gasteiger charge is -2.15. The molecule has 1 heterocycles. The molecule has 92 valence electrons. The first-order valence-corrected chi connectivity index (χ1v) is 7.50. The molecule has 0 unspecified atom stereocenters. The summed E-state index contributed by atoms with van der Waals surface area (Å²) in [7, 11) is 0. The summed E-state index contributed by atoms with van der Waals surface area (Å²) in [6.45, 7) is 9.77. The van der Waals surface area contributed by atoms with Crippen molar-refractivity contribution in [1.82, 2.24) is 9.88 Å². The Kier molecular flexibility index (Phi) is 6.39. The van der Waals surface area contributed by atoms with E-state index in [2.05, 4.69) is 38.3 Å². The van der Waals surface area contributed by atoms with E-state index in [9.17, 15) is 0 Å². The Labute approximate surface area is 108 Å². The molecule has 0 aliphatic carbocycles. The Balaban J connectivity index is 2.73. The number of hydrogen-bond donors (Lipinski definition) is 1. The van der Waals surface area contributed by atoms with E-state index in [0.29, 0.717) is 0 Å². The van der Waals surface area contributed by atoms with Gasteiger partial charge in [-0.25, -0.2) is 4.98 Å². The zero-order chi connectivity index (χ0) is 12.0. The van der Waals surface area contributed by atoms with E-state index >= 15 is 0 Å². The van der Waals surface area contributed by atoms with Crippen molar-refractivity contribution in [2.45, 2.75) is 45.9 Å². The van der Waals surface area contributed by atoms with Crippen molar-refractivity contribution < 1.29 is 0 Å². The number of hydrogen-bond acceptors (Lipinski definition) is 4. The van der Waals surface area contributed by atoms with Crippen LogP contribution in [0.2, 0.25) is 0 Å². The summed E-state index contributed by atoms with van der Waals surface area (Å²) in [5.41, 5.74) is 1.27. The van der Waals surface area contributed by atoms with Crippen LogP contribution in [0.1, 0.15) is 42.8 Å². The van der Waals surface area contributed by atoms with Crippen LogP contribution in [-0.4, -0.2) is 23.0 Å². The molecule has 0 N–H and O–H groups in total. The average molecular weight is 258 g/mol. The molecule has 0 atom stereocenters. The van der Waals surface area contributed by atoms with Crippen molar-refractivity contribution in [3.63, 3.8) is 0 Å². The highest BCUT2D eigenvalue weighted by atomic mass is 32.1. The van der Waals surface area contributed by atoms with Crippen LogP contribution in [0, 0.1) is 0 Å². The molecular formula is C12H22N2S2. The monoisotopic (exact) mass is 258 g/mol. The van der Waals surface area contributed by atoms with Gasteiger partial charge < -0.3 is 0 Å². The Bertz CT molecular complexity index is 306. The van der Waals surface area contributed by atoms with E-state index in [1.54, 1.807) is 0 Å². The minimum Gasteiger partial charge on any atom is -0.297 e. The third-order valence-corrected chi connectivity index (χ3v) is 4.32. The van der Waals surface area contributed by atoms with Gasteiger partial charge in [0.05, 0.1) is 12.2 Å². The number of rotatable bonds is 7. The first-order valence-electron chi connectivity index (χ1n) is 6.05. The molecular weight excluding hydrogens is 236 g/mol. The standard InChI is InChI=1S/C12H22N2S2/c1-4-7-10-11(9-15)16-12(13-10)8-14(5-2)6-3/h15H,4-9H2,1-3H3. The Hall–Kier alpha value is -0.0600. The molecule has 1 rings (SSSR count). The molecule has 0 aromatic carbocycles. The van der Waals surface area contributed by atoms with Gasteiger partial charge in [0.1, 0.15) is 5.01 Å². The third-order valence-electron chi connectivity index (χ3n) is 2.71. The second-order valence-corrected chi connectivity index (χ2v) is 5.33. The maximum atomic E-state index is 4.73. The van der Waals surface area contributed by atoms with Gasteiger partial charge in [0, 0.05) is 10.6 Å². The van der Waals surface area contributed by atoms with E-state index in [4.69, 9.17) is 4.98 Å². The number of aryl methyl sites for hydroxylation is 1. The predicted molar refractivity (Wildman–Crippen MR) is 75.4 cm³/mol. The Morgan fingerprint density at radius 3 is 2.44 bits per heavy atom. The van der Waals surface area contributed by atoms with Crippen molar-refractivity contribution in [2.24, 2.45) is 0 Å². The van der Waals surface area contributed by atoms with E-state index in [1.165, 1.54) is 15.6 Å². The zero-order valence-corrected chi connectivity index (χ0v) is 12.2. The van der Waals surface area contributed by atoms with Gasteiger partial charge in [-0.05, 0) is 19.5 Å². The first-order chi connectivity index (χ1) is 7.74. The molecule has 2 nitrogen and oxygen atoms in total. The van der Waals surface area contributed by atoms with Crippen molar-refractivity contribution in [3.8, 4) is 0 Å². The summed E-state index contributed by atoms with van der Waals surface area (Å²) >= 11 is 6.21. The molecule has 0 aliphatic heterocycles. The molecule has 16 heavy (non-hydrogen) atoms. The van der Waals surface area contributed by atoms with Gasteiger partial charge in [0.25, 0.3) is 0 Å². The summed E-state index contributed by atoms with van der Waals surface area (Å²) in [4.78, 5) is 8.49. The average Bonchev–Trinajstić information content (AvgIpc) is 2.68. The van der Waals surface area contributed by atoms with Gasteiger partial charge in [-0.1, -0.05) is 27.2 Å². The number of aromatic nitrogens is 1. The molecule has 4 heteroatoms. The van der Waals surface area contributed by atoms with Crippen LogP contribution in [0.4, 0.5) is 0 Å². The van der Waals surface area contributed by atoms with Gasteiger partial charge >= 0.3 is 0 Å². The van der Waals surface area contributed by atoms with Crippen LogP contribution in [0.15, 0.2) is 0 Å². The molecule has 0 amide bonds. The van der Waals surface area contributed by atoms with Gasteiger partial charge in [-0.2, -0.15) is 12.6 Å². The fraction of sp³-hybridized carbons (Fsp3) is 0.750. The second-order valence-electron chi connectivity index (χ2n) is 3.85. The smallest absolute Gasteiger partial charge is 0.107 e. The molecule has 1 aromatic heterocycles. The maximum absolute atomic E-state index is 4.73. The van der Waals surface area contributed by atoms with Gasteiger partial charge in [-0.15, -0.1) is 11.3 Å². The van der Waals surface area contributed by atoms with Crippen LogP contribution >= 0.6 is 24.0 Å². The minimum atomic E-state index is 0.825. The van der Waals surface area contributed by atoms with Gasteiger partial charge in [0.15, 0.2) is 0 Å². The SMILES string of the molecule is CCCc1nc(CN(CC)CC)sc1CS. The number of nitrogens with zero attached hydrogens (tertiary/aromatic N) is 2. The highest BCUT2D eigenvalue weighted by molar-refractivity contribution is 7.79. The van der Waals surface area contributed by atoms with Crippen LogP contribution < -0.4 is 0 Å². The summed E-state index contributed by atoms with van der Waals surface area (Å²) in [6.07, 6.45) is 2.25. The van der Waals surface area contributed by atoms with Crippen LogP contribution in [0.5, 0.6) is 0 Å². The molecule has 0 saturated carbocycles. The lowest BCUT2D eigenvalue weighted by molar-refractivity contribution is 0.295. The number of thiazole rings is 1. The van der Waals surface area contributed by atoms with Crippen LogP contribution in [-0.2, 0) is 18.7 Å². The highest BCUT2D eigenvalue weighted by Crippen LogP contribution is 2.22. The first kappa shape index (κ1) is 14.0. The van der Waals surface area contributed by atoms with Crippen molar-refractivity contribution in [2.75, 3.05) is 13.1 Å². The van der Waals surface area contributed by atoms with Gasteiger partial charge in [0.2, 0.25) is 0 Å². The molecule has 0 spiro atoms. The highest BCUT2D eigenvalue weighted by Gasteiger charge is 2.11. The van der Waals surface area contributed by atoms with E-state index < -0.39 is 0 Å². The largest absolute Gasteiger partial charge is 0.297 e. The molecule has 0 aliphatic rings. The Morgan fingerprint density at radius 1 is 1.25 bits per heavy atom. The summed E-state index contributed by atoms with van der Waals surface area (Å²) in [5.74, 6) is 0.825. The summed E-state index contributed by atoms with van der Waals surface area (Å²) < 4.78 is 0. The topological polar surface area (TPSA) is 16.1 Å². The van der Waals surface area contributed by atoms with Gasteiger partial charge in [-0.3, -0.25) is 4.90 Å². The molecule has 0 bridgehead atoms. The van der Waals surface area contributed by atoms with Crippen molar-refractivity contribution in [3.05, 3.63) is 15.6 Å². The fourth-order valence-electron chi connectivity index (χ4n) is 1.70. The van der Waals surface area contributed by atoms with Crippen molar-refractivity contribution >= 4 is 24.0 Å². The normalized spacial score (nSPS) is 11.3. The third kappa shape index (κ3) is 3.75. The van der Waals surface area contributed by atoms with E-state index in [-0.39, 0.29) is 0 Å². The lowest BCUT2D eigenvalue weighted by atomic mass is 10.2. The van der Waals surface area contributed by atoms with Crippen LogP contribution in [0.3, 0.4) is 0 Å².